The van der Waals surface area contributed by atoms with Gasteiger partial charge in [0, 0.05) is 6.42 Å². The summed E-state index contributed by atoms with van der Waals surface area (Å²) < 4.78 is 6.41. The van der Waals surface area contributed by atoms with Crippen LogP contribution >= 0.6 is 0 Å². The minimum atomic E-state index is -2.93. The summed E-state index contributed by atoms with van der Waals surface area (Å²) in [6.07, 6.45) is -1.74. The number of aliphatic hydroxyl groups is 2. The Balaban J connectivity index is 2.56. The van der Waals surface area contributed by atoms with Gasteiger partial charge < -0.3 is 19.7 Å². The third-order valence-electron chi connectivity index (χ3n) is 4.87. The molecule has 0 aliphatic carbocycles. The van der Waals surface area contributed by atoms with E-state index in [4.69, 9.17) is 4.43 Å². The first kappa shape index (κ1) is 22.3. The predicted octanol–water partition coefficient (Wildman–Crippen LogP) is 2.15. The maximum absolute atomic E-state index is 12.0. The van der Waals surface area contributed by atoms with Crippen molar-refractivity contribution in [3.05, 3.63) is 60.7 Å². The highest BCUT2D eigenvalue weighted by Crippen LogP contribution is 2.22. The number of carboxylic acids is 1. The van der Waals surface area contributed by atoms with E-state index in [0.717, 1.165) is 23.2 Å². The van der Waals surface area contributed by atoms with Crippen molar-refractivity contribution in [3.63, 3.8) is 0 Å². The molecule has 0 saturated carbocycles. The molecule has 0 bridgehead atoms. The zero-order chi connectivity index (χ0) is 20.6. The first-order chi connectivity index (χ1) is 13.4. The van der Waals surface area contributed by atoms with Crippen LogP contribution in [-0.4, -0.2) is 47.9 Å². The standard InChI is InChI=1S/C22H30O5Si/c1-3-4-15-28(18-11-7-5-8-12-18,19-13-9-6-10-14-19)27-21(22(25)26)20(24)16-17(2)23/h5-14,17,20-21,23-24H,3-4,15-16H2,1-2H3,(H,25,26). The van der Waals surface area contributed by atoms with Crippen LogP contribution < -0.4 is 10.4 Å². The SMILES string of the molecule is CCCC[Si](OC(C(=O)O)C(O)CC(C)O)(c1ccccc1)c1ccccc1. The molecule has 152 valence electrons. The van der Waals surface area contributed by atoms with Gasteiger partial charge in [-0.25, -0.2) is 4.79 Å². The third kappa shape index (κ3) is 5.51. The molecule has 2 aromatic carbocycles. The fourth-order valence-corrected chi connectivity index (χ4v) is 7.78. The summed E-state index contributed by atoms with van der Waals surface area (Å²) >= 11 is 0. The average Bonchev–Trinajstić information content (AvgIpc) is 2.69. The first-order valence-corrected chi connectivity index (χ1v) is 11.9. The predicted molar refractivity (Wildman–Crippen MR) is 112 cm³/mol. The molecular formula is C22H30O5Si. The van der Waals surface area contributed by atoms with Crippen molar-refractivity contribution < 1.29 is 24.5 Å². The van der Waals surface area contributed by atoms with Gasteiger partial charge in [0.25, 0.3) is 8.32 Å². The summed E-state index contributed by atoms with van der Waals surface area (Å²) in [6, 6.07) is 20.2. The molecule has 0 aliphatic rings. The van der Waals surface area contributed by atoms with Gasteiger partial charge in [0.1, 0.15) is 0 Å². The molecule has 0 amide bonds. The number of aliphatic carboxylic acids is 1. The highest BCUT2D eigenvalue weighted by molar-refractivity contribution is 6.97. The summed E-state index contributed by atoms with van der Waals surface area (Å²) in [4.78, 5) is 12.0. The zero-order valence-corrected chi connectivity index (χ0v) is 17.5. The Morgan fingerprint density at radius 2 is 1.50 bits per heavy atom. The Labute approximate surface area is 167 Å². The molecule has 28 heavy (non-hydrogen) atoms. The molecule has 0 radical (unpaired) electrons. The van der Waals surface area contributed by atoms with Crippen molar-refractivity contribution in [2.75, 3.05) is 0 Å². The normalized spacial score (nSPS) is 15.0. The highest BCUT2D eigenvalue weighted by Gasteiger charge is 2.44. The lowest BCUT2D eigenvalue weighted by Gasteiger charge is -2.36. The number of hydrogen-bond acceptors (Lipinski definition) is 4. The molecule has 0 spiro atoms. The summed E-state index contributed by atoms with van der Waals surface area (Å²) in [5.41, 5.74) is 0. The molecule has 3 atom stereocenters. The first-order valence-electron chi connectivity index (χ1n) is 9.78. The fraction of sp³-hybridized carbons (Fsp3) is 0.409. The summed E-state index contributed by atoms with van der Waals surface area (Å²) in [5.74, 6) is -1.21. The molecule has 2 aromatic rings. The topological polar surface area (TPSA) is 87.0 Å². The van der Waals surface area contributed by atoms with Crippen LogP contribution in [0, 0.1) is 0 Å². The van der Waals surface area contributed by atoms with Crippen molar-refractivity contribution >= 4 is 24.7 Å². The highest BCUT2D eigenvalue weighted by atomic mass is 28.4. The van der Waals surface area contributed by atoms with E-state index in [2.05, 4.69) is 6.92 Å². The smallest absolute Gasteiger partial charge is 0.334 e. The van der Waals surface area contributed by atoms with E-state index in [9.17, 15) is 20.1 Å². The van der Waals surface area contributed by atoms with Crippen molar-refractivity contribution in [3.8, 4) is 0 Å². The van der Waals surface area contributed by atoms with Gasteiger partial charge in [-0.2, -0.15) is 0 Å². The number of benzene rings is 2. The van der Waals surface area contributed by atoms with Gasteiger partial charge in [-0.3, -0.25) is 0 Å². The Bertz CT molecular complexity index is 681. The quantitative estimate of drug-likeness (QED) is 0.501. The van der Waals surface area contributed by atoms with Crippen LogP contribution in [-0.2, 0) is 9.22 Å². The minimum Gasteiger partial charge on any atom is -0.479 e. The number of carbonyl (C=O) groups is 1. The molecule has 5 nitrogen and oxygen atoms in total. The zero-order valence-electron chi connectivity index (χ0n) is 16.5. The van der Waals surface area contributed by atoms with Crippen LogP contribution in [0.15, 0.2) is 60.7 Å². The second-order valence-electron chi connectivity index (χ2n) is 7.19. The van der Waals surface area contributed by atoms with E-state index in [-0.39, 0.29) is 6.42 Å². The second-order valence-corrected chi connectivity index (χ2v) is 10.7. The van der Waals surface area contributed by atoms with Gasteiger partial charge in [0.2, 0.25) is 0 Å². The van der Waals surface area contributed by atoms with E-state index < -0.39 is 32.6 Å². The number of unbranched alkanes of at least 4 members (excludes halogenated alkanes) is 1. The summed E-state index contributed by atoms with van der Waals surface area (Å²) in [7, 11) is -2.93. The van der Waals surface area contributed by atoms with Crippen LogP contribution in [0.1, 0.15) is 33.1 Å². The van der Waals surface area contributed by atoms with Gasteiger partial charge in [0.15, 0.2) is 6.10 Å². The average molecular weight is 403 g/mol. The summed E-state index contributed by atoms with van der Waals surface area (Å²) in [5, 5.41) is 31.9. The van der Waals surface area contributed by atoms with Crippen LogP contribution in [0.5, 0.6) is 0 Å². The molecular weight excluding hydrogens is 372 g/mol. The minimum absolute atomic E-state index is 0.0567. The fourth-order valence-electron chi connectivity index (χ4n) is 3.47. The van der Waals surface area contributed by atoms with E-state index in [1.54, 1.807) is 0 Å². The molecule has 0 aliphatic heterocycles. The van der Waals surface area contributed by atoms with Crippen molar-refractivity contribution in [2.24, 2.45) is 0 Å². The largest absolute Gasteiger partial charge is 0.479 e. The van der Waals surface area contributed by atoms with E-state index in [1.165, 1.54) is 6.92 Å². The van der Waals surface area contributed by atoms with Crippen molar-refractivity contribution in [1.82, 2.24) is 0 Å². The molecule has 0 heterocycles. The number of rotatable bonds is 11. The molecule has 0 fully saturated rings. The molecule has 0 aromatic heterocycles. The van der Waals surface area contributed by atoms with E-state index in [1.807, 2.05) is 60.7 Å². The molecule has 0 saturated heterocycles. The molecule has 3 unspecified atom stereocenters. The lowest BCUT2D eigenvalue weighted by molar-refractivity contribution is -0.151. The van der Waals surface area contributed by atoms with Gasteiger partial charge in [-0.1, -0.05) is 80.4 Å². The van der Waals surface area contributed by atoms with Gasteiger partial charge in [-0.15, -0.1) is 0 Å². The van der Waals surface area contributed by atoms with Gasteiger partial charge in [-0.05, 0) is 23.3 Å². The van der Waals surface area contributed by atoms with Crippen LogP contribution in [0.25, 0.3) is 0 Å². The maximum Gasteiger partial charge on any atom is 0.334 e. The van der Waals surface area contributed by atoms with Crippen LogP contribution in [0.4, 0.5) is 0 Å². The van der Waals surface area contributed by atoms with Gasteiger partial charge >= 0.3 is 5.97 Å². The maximum atomic E-state index is 12.0. The monoisotopic (exact) mass is 402 g/mol. The van der Waals surface area contributed by atoms with E-state index in [0.29, 0.717) is 6.04 Å². The Kier molecular flexibility index (Phi) is 8.38. The van der Waals surface area contributed by atoms with Crippen molar-refractivity contribution in [2.45, 2.75) is 57.5 Å². The van der Waals surface area contributed by atoms with Crippen LogP contribution in [0.2, 0.25) is 6.04 Å². The van der Waals surface area contributed by atoms with E-state index >= 15 is 0 Å². The second kappa shape index (κ2) is 10.5. The Morgan fingerprint density at radius 1 is 1.00 bits per heavy atom. The Hall–Kier alpha value is -1.99. The lowest BCUT2D eigenvalue weighted by atomic mass is 10.1. The molecule has 2 rings (SSSR count). The number of carboxylic acid groups (broad SMARTS) is 1. The van der Waals surface area contributed by atoms with Crippen molar-refractivity contribution in [1.29, 1.82) is 0 Å². The summed E-state index contributed by atoms with van der Waals surface area (Å²) in [6.45, 7) is 3.62. The third-order valence-corrected chi connectivity index (χ3v) is 9.11. The van der Waals surface area contributed by atoms with Crippen LogP contribution in [0.3, 0.4) is 0 Å². The lowest BCUT2D eigenvalue weighted by Crippen LogP contribution is -2.64. The number of hydrogen-bond donors (Lipinski definition) is 3. The Morgan fingerprint density at radius 3 is 1.89 bits per heavy atom. The molecule has 3 N–H and O–H groups in total. The molecule has 6 heteroatoms. The number of aliphatic hydroxyl groups excluding tert-OH is 2. The van der Waals surface area contributed by atoms with Gasteiger partial charge in [0.05, 0.1) is 12.2 Å².